The highest BCUT2D eigenvalue weighted by Gasteiger charge is 1.97. The molecule has 0 aliphatic rings. The Hall–Kier alpha value is -3.52. The van der Waals surface area contributed by atoms with E-state index in [1.54, 1.807) is 6.08 Å². The Morgan fingerprint density at radius 1 is 0.577 bits per heavy atom. The number of azo groups is 1. The van der Waals surface area contributed by atoms with Crippen molar-refractivity contribution in [2.24, 2.45) is 10.2 Å². The Morgan fingerprint density at radius 3 is 1.77 bits per heavy atom. The Morgan fingerprint density at radius 2 is 1.15 bits per heavy atom. The molecule has 0 radical (unpaired) electrons. The van der Waals surface area contributed by atoms with Crippen LogP contribution >= 0.6 is 0 Å². The molecule has 3 aromatic rings. The van der Waals surface area contributed by atoms with Crippen molar-refractivity contribution in [3.8, 4) is 11.1 Å². The first-order valence-corrected chi connectivity index (χ1v) is 8.48. The Balaban J connectivity index is 1.65. The molecule has 0 saturated carbocycles. The van der Waals surface area contributed by atoms with Gasteiger partial charge in [0.2, 0.25) is 0 Å². The van der Waals surface area contributed by atoms with Gasteiger partial charge in [0.05, 0.1) is 11.4 Å². The topological polar surface area (TPSA) is 24.7 Å². The van der Waals surface area contributed by atoms with Crippen molar-refractivity contribution in [3.05, 3.63) is 115 Å². The van der Waals surface area contributed by atoms with E-state index in [0.29, 0.717) is 0 Å². The van der Waals surface area contributed by atoms with Crippen molar-refractivity contribution >= 4 is 17.5 Å². The summed E-state index contributed by atoms with van der Waals surface area (Å²) in [5.74, 6) is 0. The van der Waals surface area contributed by atoms with Crippen molar-refractivity contribution in [3.63, 3.8) is 0 Å². The molecule has 0 aromatic heterocycles. The number of nitrogens with zero attached hydrogens (tertiary/aromatic N) is 2. The molecule has 0 heterocycles. The van der Waals surface area contributed by atoms with Gasteiger partial charge in [-0.3, -0.25) is 0 Å². The minimum absolute atomic E-state index is 0.830. The first-order valence-electron chi connectivity index (χ1n) is 8.48. The van der Waals surface area contributed by atoms with Gasteiger partial charge in [-0.05, 0) is 41.0 Å². The van der Waals surface area contributed by atoms with Crippen LogP contribution in [-0.4, -0.2) is 0 Å². The van der Waals surface area contributed by atoms with Crippen molar-refractivity contribution in [2.45, 2.75) is 0 Å². The lowest BCUT2D eigenvalue weighted by atomic mass is 10.1. The van der Waals surface area contributed by atoms with E-state index in [9.17, 15) is 0 Å². The predicted octanol–water partition coefficient (Wildman–Crippen LogP) is 7.52. The second-order valence-electron chi connectivity index (χ2n) is 5.68. The third kappa shape index (κ3) is 4.99. The zero-order valence-electron chi connectivity index (χ0n) is 14.5. The lowest BCUT2D eigenvalue weighted by Crippen LogP contribution is -1.75. The van der Waals surface area contributed by atoms with E-state index in [-0.39, 0.29) is 0 Å². The van der Waals surface area contributed by atoms with E-state index >= 15 is 0 Å². The lowest BCUT2D eigenvalue weighted by molar-refractivity contribution is 1.23. The molecular formula is C24H20N2. The monoisotopic (exact) mass is 336 g/mol. The molecule has 0 aliphatic carbocycles. The second-order valence-corrected chi connectivity index (χ2v) is 5.68. The first kappa shape index (κ1) is 17.3. The molecule has 3 aromatic carbocycles. The summed E-state index contributed by atoms with van der Waals surface area (Å²) in [4.78, 5) is 0. The average Bonchev–Trinajstić information content (AvgIpc) is 2.72. The minimum Gasteiger partial charge on any atom is -0.151 e. The zero-order chi connectivity index (χ0) is 18.0. The first-order chi connectivity index (χ1) is 12.8. The fourth-order valence-electron chi connectivity index (χ4n) is 2.43. The van der Waals surface area contributed by atoms with Gasteiger partial charge in [-0.2, -0.15) is 10.2 Å². The average molecular weight is 336 g/mol. The summed E-state index contributed by atoms with van der Waals surface area (Å²) >= 11 is 0. The summed E-state index contributed by atoms with van der Waals surface area (Å²) in [6.45, 7) is 3.64. The Bertz CT molecular complexity index is 916. The van der Waals surface area contributed by atoms with Crippen LogP contribution < -0.4 is 0 Å². The van der Waals surface area contributed by atoms with E-state index in [4.69, 9.17) is 0 Å². The Kier molecular flexibility index (Phi) is 6.05. The number of allylic oxidation sites excluding steroid dienone is 4. The standard InChI is InChI=1S/C24H20N2/c1-2-3-4-6-9-20-12-16-23(17-13-20)25-26-24-18-14-22(15-19-24)21-10-7-5-8-11-21/h2-19H,1H2/b4-3-,9-6+,26-25?. The molecule has 0 bridgehead atoms. The molecule has 2 nitrogen and oxygen atoms in total. The fraction of sp³-hybridized carbons (Fsp3) is 0. The third-order valence-corrected chi connectivity index (χ3v) is 3.80. The third-order valence-electron chi connectivity index (χ3n) is 3.80. The number of hydrogen-bond acceptors (Lipinski definition) is 2. The van der Waals surface area contributed by atoms with Crippen LogP contribution in [0.3, 0.4) is 0 Å². The molecule has 0 saturated heterocycles. The van der Waals surface area contributed by atoms with Crippen molar-refractivity contribution in [2.75, 3.05) is 0 Å². The summed E-state index contributed by atoms with van der Waals surface area (Å²) in [6, 6.07) is 26.3. The quantitative estimate of drug-likeness (QED) is 0.328. The van der Waals surface area contributed by atoms with Crippen LogP contribution in [0, 0.1) is 0 Å². The number of rotatable bonds is 6. The van der Waals surface area contributed by atoms with Gasteiger partial charge in [0.15, 0.2) is 0 Å². The maximum atomic E-state index is 4.31. The minimum atomic E-state index is 0.830. The van der Waals surface area contributed by atoms with Gasteiger partial charge >= 0.3 is 0 Å². The van der Waals surface area contributed by atoms with Crippen LogP contribution in [-0.2, 0) is 0 Å². The van der Waals surface area contributed by atoms with Gasteiger partial charge in [-0.1, -0.05) is 91.6 Å². The van der Waals surface area contributed by atoms with E-state index < -0.39 is 0 Å². The van der Waals surface area contributed by atoms with Gasteiger partial charge in [0.1, 0.15) is 0 Å². The molecule has 126 valence electrons. The summed E-state index contributed by atoms with van der Waals surface area (Å²) in [7, 11) is 0. The van der Waals surface area contributed by atoms with Crippen molar-refractivity contribution < 1.29 is 0 Å². The molecule has 0 atom stereocenters. The number of benzene rings is 3. The molecule has 0 aliphatic heterocycles. The molecular weight excluding hydrogens is 316 g/mol. The Labute approximate surface area is 154 Å². The molecule has 0 spiro atoms. The fourth-order valence-corrected chi connectivity index (χ4v) is 2.43. The smallest absolute Gasteiger partial charge is 0.0857 e. The van der Waals surface area contributed by atoms with Gasteiger partial charge in [-0.25, -0.2) is 0 Å². The van der Waals surface area contributed by atoms with Crippen molar-refractivity contribution in [1.82, 2.24) is 0 Å². The zero-order valence-corrected chi connectivity index (χ0v) is 14.5. The van der Waals surface area contributed by atoms with Gasteiger partial charge in [0.25, 0.3) is 0 Å². The van der Waals surface area contributed by atoms with Crippen LogP contribution in [0.5, 0.6) is 0 Å². The largest absolute Gasteiger partial charge is 0.151 e. The van der Waals surface area contributed by atoms with Crippen LogP contribution in [0.1, 0.15) is 5.56 Å². The highest BCUT2D eigenvalue weighted by atomic mass is 15.1. The SMILES string of the molecule is C=C/C=C\C=C\c1ccc(N=Nc2ccc(-c3ccccc3)cc2)cc1. The van der Waals surface area contributed by atoms with E-state index in [2.05, 4.69) is 41.1 Å². The molecule has 2 heteroatoms. The predicted molar refractivity (Wildman–Crippen MR) is 111 cm³/mol. The number of hydrogen-bond donors (Lipinski definition) is 0. The van der Waals surface area contributed by atoms with E-state index in [0.717, 1.165) is 16.9 Å². The molecule has 0 fully saturated rings. The van der Waals surface area contributed by atoms with Crippen LogP contribution in [0.4, 0.5) is 11.4 Å². The van der Waals surface area contributed by atoms with Crippen molar-refractivity contribution in [1.29, 1.82) is 0 Å². The molecule has 0 unspecified atom stereocenters. The summed E-state index contributed by atoms with van der Waals surface area (Å²) in [5.41, 5.74) is 5.15. The maximum absolute atomic E-state index is 4.31. The summed E-state index contributed by atoms with van der Waals surface area (Å²) < 4.78 is 0. The maximum Gasteiger partial charge on any atom is 0.0857 e. The second kappa shape index (κ2) is 9.09. The normalized spacial score (nSPS) is 11.5. The summed E-state index contributed by atoms with van der Waals surface area (Å²) in [5, 5.41) is 8.62. The molecule has 26 heavy (non-hydrogen) atoms. The highest BCUT2D eigenvalue weighted by Crippen LogP contribution is 2.24. The van der Waals surface area contributed by atoms with Crippen LogP contribution in [0.25, 0.3) is 17.2 Å². The molecule has 0 N–H and O–H groups in total. The molecule has 3 rings (SSSR count). The van der Waals surface area contributed by atoms with Crippen LogP contribution in [0.2, 0.25) is 0 Å². The molecule has 0 amide bonds. The highest BCUT2D eigenvalue weighted by molar-refractivity contribution is 5.65. The van der Waals surface area contributed by atoms with Gasteiger partial charge < -0.3 is 0 Å². The van der Waals surface area contributed by atoms with E-state index in [1.807, 2.05) is 78.9 Å². The van der Waals surface area contributed by atoms with E-state index in [1.165, 1.54) is 11.1 Å². The van der Waals surface area contributed by atoms with Crippen LogP contribution in [0.15, 0.2) is 120 Å². The van der Waals surface area contributed by atoms with Gasteiger partial charge in [-0.15, -0.1) is 0 Å². The van der Waals surface area contributed by atoms with Gasteiger partial charge in [0, 0.05) is 0 Å². The lowest BCUT2D eigenvalue weighted by Gasteiger charge is -2.01. The summed E-state index contributed by atoms with van der Waals surface area (Å²) in [6.07, 6.45) is 9.60.